The van der Waals surface area contributed by atoms with E-state index in [1.807, 2.05) is 6.20 Å². The Morgan fingerprint density at radius 3 is 3.23 bits per heavy atom. The lowest BCUT2D eigenvalue weighted by Gasteiger charge is -2.18. The number of nitrogens with one attached hydrogen (secondary N) is 1. The summed E-state index contributed by atoms with van der Waals surface area (Å²) in [5.41, 5.74) is 2.35. The van der Waals surface area contributed by atoms with Gasteiger partial charge in [0.05, 0.1) is 7.11 Å². The number of hydrogen-bond donors (Lipinski definition) is 1. The molecule has 0 fully saturated rings. The number of nitrogens with zero attached hydrogens (tertiary/aromatic N) is 1. The van der Waals surface area contributed by atoms with Gasteiger partial charge in [-0.3, -0.25) is 0 Å². The second-order valence-corrected chi connectivity index (χ2v) is 3.39. The Morgan fingerprint density at radius 2 is 2.46 bits per heavy atom. The van der Waals surface area contributed by atoms with Gasteiger partial charge in [0.15, 0.2) is 0 Å². The SMILES string of the molecule is COc1ncc2c(c1Cl)CCNC2. The molecule has 0 unspecified atom stereocenters. The molecular formula is C9H11ClN2O. The van der Waals surface area contributed by atoms with E-state index in [-0.39, 0.29) is 0 Å². The van der Waals surface area contributed by atoms with Gasteiger partial charge in [0, 0.05) is 12.7 Å². The minimum Gasteiger partial charge on any atom is -0.480 e. The maximum absolute atomic E-state index is 6.11. The first-order valence-electron chi connectivity index (χ1n) is 4.24. The summed E-state index contributed by atoms with van der Waals surface area (Å²) < 4.78 is 5.05. The standard InChI is InChI=1S/C9H11ClN2O/c1-13-9-8(10)7-2-3-11-4-6(7)5-12-9/h5,11H,2-4H2,1H3. The summed E-state index contributed by atoms with van der Waals surface area (Å²) in [4.78, 5) is 4.12. The van der Waals surface area contributed by atoms with Gasteiger partial charge in [0.1, 0.15) is 5.02 Å². The highest BCUT2D eigenvalue weighted by Crippen LogP contribution is 2.29. The van der Waals surface area contributed by atoms with Crippen LogP contribution in [-0.2, 0) is 13.0 Å². The van der Waals surface area contributed by atoms with Crippen molar-refractivity contribution < 1.29 is 4.74 Å². The van der Waals surface area contributed by atoms with Crippen LogP contribution >= 0.6 is 11.6 Å². The van der Waals surface area contributed by atoms with Crippen LogP contribution in [0.15, 0.2) is 6.20 Å². The molecule has 0 spiro atoms. The molecule has 0 saturated heterocycles. The van der Waals surface area contributed by atoms with Crippen molar-refractivity contribution in [3.05, 3.63) is 22.3 Å². The highest BCUT2D eigenvalue weighted by molar-refractivity contribution is 6.32. The van der Waals surface area contributed by atoms with Crippen LogP contribution in [0.2, 0.25) is 5.02 Å². The molecule has 2 rings (SSSR count). The fourth-order valence-electron chi connectivity index (χ4n) is 1.54. The minimum absolute atomic E-state index is 0.530. The number of pyridine rings is 1. The van der Waals surface area contributed by atoms with Gasteiger partial charge in [-0.2, -0.15) is 0 Å². The maximum Gasteiger partial charge on any atom is 0.232 e. The topological polar surface area (TPSA) is 34.1 Å². The Kier molecular flexibility index (Phi) is 2.38. The van der Waals surface area contributed by atoms with Gasteiger partial charge >= 0.3 is 0 Å². The fourth-order valence-corrected chi connectivity index (χ4v) is 1.88. The average Bonchev–Trinajstić information content (AvgIpc) is 2.19. The molecule has 0 aromatic carbocycles. The molecule has 1 aromatic rings. The lowest BCUT2D eigenvalue weighted by molar-refractivity contribution is 0.396. The molecule has 0 radical (unpaired) electrons. The third kappa shape index (κ3) is 1.49. The lowest BCUT2D eigenvalue weighted by atomic mass is 10.0. The first-order valence-corrected chi connectivity index (χ1v) is 4.61. The van der Waals surface area contributed by atoms with Crippen LogP contribution in [0.3, 0.4) is 0 Å². The molecule has 4 heteroatoms. The smallest absolute Gasteiger partial charge is 0.232 e. The van der Waals surface area contributed by atoms with Gasteiger partial charge in [-0.15, -0.1) is 0 Å². The summed E-state index contributed by atoms with van der Waals surface area (Å²) in [6, 6.07) is 0. The van der Waals surface area contributed by atoms with Crippen molar-refractivity contribution in [2.75, 3.05) is 13.7 Å². The van der Waals surface area contributed by atoms with Gasteiger partial charge < -0.3 is 10.1 Å². The van der Waals surface area contributed by atoms with Crippen LogP contribution in [0.1, 0.15) is 11.1 Å². The summed E-state index contributed by atoms with van der Waals surface area (Å²) in [5.74, 6) is 0.530. The first-order chi connectivity index (χ1) is 6.33. The second-order valence-electron chi connectivity index (χ2n) is 3.01. The Balaban J connectivity index is 2.48. The molecule has 3 nitrogen and oxygen atoms in total. The van der Waals surface area contributed by atoms with E-state index in [1.165, 1.54) is 11.1 Å². The Morgan fingerprint density at radius 1 is 1.62 bits per heavy atom. The fraction of sp³-hybridized carbons (Fsp3) is 0.444. The van der Waals surface area contributed by atoms with Crippen molar-refractivity contribution in [1.82, 2.24) is 10.3 Å². The van der Waals surface area contributed by atoms with Gasteiger partial charge in [0.2, 0.25) is 5.88 Å². The molecule has 1 aromatic heterocycles. The number of fused-ring (bicyclic) bond motifs is 1. The van der Waals surface area contributed by atoms with Crippen molar-refractivity contribution in [3.8, 4) is 5.88 Å². The third-order valence-corrected chi connectivity index (χ3v) is 2.63. The molecule has 0 amide bonds. The van der Waals surface area contributed by atoms with E-state index in [2.05, 4.69) is 10.3 Å². The number of ether oxygens (including phenoxy) is 1. The van der Waals surface area contributed by atoms with Gasteiger partial charge in [0.25, 0.3) is 0 Å². The van der Waals surface area contributed by atoms with E-state index in [9.17, 15) is 0 Å². The number of rotatable bonds is 1. The molecule has 1 aliphatic rings. The van der Waals surface area contributed by atoms with Crippen molar-refractivity contribution in [1.29, 1.82) is 0 Å². The highest BCUT2D eigenvalue weighted by Gasteiger charge is 2.15. The second kappa shape index (κ2) is 3.52. The van der Waals surface area contributed by atoms with Gasteiger partial charge in [-0.25, -0.2) is 4.98 Å². The van der Waals surface area contributed by atoms with Gasteiger partial charge in [-0.1, -0.05) is 11.6 Å². The zero-order valence-corrected chi connectivity index (χ0v) is 8.19. The molecule has 0 saturated carbocycles. The monoisotopic (exact) mass is 198 g/mol. The molecule has 70 valence electrons. The Hall–Kier alpha value is -0.800. The lowest BCUT2D eigenvalue weighted by Crippen LogP contribution is -2.24. The molecule has 2 heterocycles. The molecule has 1 N–H and O–H groups in total. The quantitative estimate of drug-likeness (QED) is 0.741. The maximum atomic E-state index is 6.11. The molecule has 0 atom stereocenters. The van der Waals surface area contributed by atoms with Gasteiger partial charge in [-0.05, 0) is 24.1 Å². The van der Waals surface area contributed by atoms with E-state index < -0.39 is 0 Å². The molecule has 0 bridgehead atoms. The molecule has 0 aliphatic carbocycles. The van der Waals surface area contributed by atoms with Crippen LogP contribution in [-0.4, -0.2) is 18.6 Å². The van der Waals surface area contributed by atoms with Crippen molar-refractivity contribution >= 4 is 11.6 Å². The van der Waals surface area contributed by atoms with E-state index in [0.29, 0.717) is 10.9 Å². The van der Waals surface area contributed by atoms with Crippen LogP contribution in [0, 0.1) is 0 Å². The average molecular weight is 199 g/mol. The Bertz CT molecular complexity index is 328. The van der Waals surface area contributed by atoms with Crippen LogP contribution in [0.4, 0.5) is 0 Å². The van der Waals surface area contributed by atoms with E-state index in [1.54, 1.807) is 7.11 Å². The zero-order chi connectivity index (χ0) is 9.26. The number of halogens is 1. The largest absolute Gasteiger partial charge is 0.480 e. The molecule has 13 heavy (non-hydrogen) atoms. The van der Waals surface area contributed by atoms with Crippen molar-refractivity contribution in [3.63, 3.8) is 0 Å². The van der Waals surface area contributed by atoms with E-state index in [0.717, 1.165) is 19.5 Å². The first kappa shape index (κ1) is 8.78. The van der Waals surface area contributed by atoms with E-state index in [4.69, 9.17) is 16.3 Å². The molecule has 1 aliphatic heterocycles. The van der Waals surface area contributed by atoms with Crippen LogP contribution in [0.5, 0.6) is 5.88 Å². The number of aromatic nitrogens is 1. The number of methoxy groups -OCH3 is 1. The summed E-state index contributed by atoms with van der Waals surface area (Å²) in [6.45, 7) is 1.83. The molecular weight excluding hydrogens is 188 g/mol. The highest BCUT2D eigenvalue weighted by atomic mass is 35.5. The minimum atomic E-state index is 0.530. The third-order valence-electron chi connectivity index (χ3n) is 2.24. The zero-order valence-electron chi connectivity index (χ0n) is 7.43. The van der Waals surface area contributed by atoms with Crippen molar-refractivity contribution in [2.45, 2.75) is 13.0 Å². The Labute approximate surface area is 82.1 Å². The normalized spacial score (nSPS) is 15.2. The number of hydrogen-bond acceptors (Lipinski definition) is 3. The van der Waals surface area contributed by atoms with Crippen LogP contribution in [0.25, 0.3) is 0 Å². The summed E-state index contributed by atoms with van der Waals surface area (Å²) in [6.07, 6.45) is 2.78. The summed E-state index contributed by atoms with van der Waals surface area (Å²) in [7, 11) is 1.59. The predicted molar refractivity (Wildman–Crippen MR) is 51.2 cm³/mol. The van der Waals surface area contributed by atoms with Crippen LogP contribution < -0.4 is 10.1 Å². The predicted octanol–water partition coefficient (Wildman–Crippen LogP) is 1.39. The van der Waals surface area contributed by atoms with E-state index >= 15 is 0 Å². The summed E-state index contributed by atoms with van der Waals surface area (Å²) in [5, 5.41) is 3.93. The summed E-state index contributed by atoms with van der Waals surface area (Å²) >= 11 is 6.11. The van der Waals surface area contributed by atoms with Crippen molar-refractivity contribution in [2.24, 2.45) is 0 Å².